The number of aliphatic hydroxyl groups is 4. The summed E-state index contributed by atoms with van der Waals surface area (Å²) in [6, 6.07) is -1.12. The van der Waals surface area contributed by atoms with Crippen LogP contribution in [0.25, 0.3) is 0 Å². The fraction of sp³-hybridized carbons (Fsp3) is 0.667. The van der Waals surface area contributed by atoms with Gasteiger partial charge in [-0.15, -0.1) is 5.11 Å². The molecule has 0 aromatic rings. The fourth-order valence-corrected chi connectivity index (χ4v) is 1.95. The van der Waals surface area contributed by atoms with E-state index >= 15 is 0 Å². The Hall–Kier alpha value is -1.55. The molecule has 18 heavy (non-hydrogen) atoms. The van der Waals surface area contributed by atoms with Crippen LogP contribution in [0.2, 0.25) is 0 Å². The first-order valence-corrected chi connectivity index (χ1v) is 5.23. The predicted octanol–water partition coefficient (Wildman–Crippen LogP) is -2.44. The summed E-state index contributed by atoms with van der Waals surface area (Å²) in [7, 11) is 0. The Bertz CT molecular complexity index is 423. The van der Waals surface area contributed by atoms with Crippen LogP contribution in [0.4, 0.5) is 0 Å². The standard InChI is InChI=1S/C9H13N3O6/c10-9(17)4-6(15)3(11-12-4)8-7(16)5(14)2(1-13)18-8/h2-3,5,7-8,13-16H,1H2,(H2,10,17)/t2-,3?,5-,7-,8-/m1/s1. The molecule has 9 nitrogen and oxygen atoms in total. The largest absolute Gasteiger partial charge is 0.507 e. The number of carbonyl (C=O) groups is 1. The maximum atomic E-state index is 10.9. The van der Waals surface area contributed by atoms with Gasteiger partial charge in [0.25, 0.3) is 5.91 Å². The second-order valence-corrected chi connectivity index (χ2v) is 4.06. The molecule has 9 heteroatoms. The van der Waals surface area contributed by atoms with Gasteiger partial charge in [-0.2, -0.15) is 5.11 Å². The van der Waals surface area contributed by atoms with Gasteiger partial charge in [-0.25, -0.2) is 0 Å². The summed E-state index contributed by atoms with van der Waals surface area (Å²) < 4.78 is 5.17. The van der Waals surface area contributed by atoms with Crippen LogP contribution in [0.1, 0.15) is 0 Å². The number of nitrogens with two attached hydrogens (primary N) is 1. The van der Waals surface area contributed by atoms with Gasteiger partial charge in [-0.05, 0) is 0 Å². The molecule has 2 aliphatic heterocycles. The molecule has 0 aromatic heterocycles. The molecule has 2 aliphatic rings. The van der Waals surface area contributed by atoms with Crippen LogP contribution in [0.15, 0.2) is 21.7 Å². The van der Waals surface area contributed by atoms with Crippen LogP contribution >= 0.6 is 0 Å². The first-order chi connectivity index (χ1) is 8.47. The number of amides is 1. The number of carbonyl (C=O) groups excluding carboxylic acids is 1. The van der Waals surface area contributed by atoms with E-state index in [9.17, 15) is 20.1 Å². The zero-order valence-corrected chi connectivity index (χ0v) is 9.17. The van der Waals surface area contributed by atoms with Gasteiger partial charge in [0.15, 0.2) is 17.5 Å². The average molecular weight is 259 g/mol. The topological polar surface area (TPSA) is 158 Å². The average Bonchev–Trinajstić information content (AvgIpc) is 2.82. The maximum absolute atomic E-state index is 10.9. The zero-order valence-electron chi connectivity index (χ0n) is 9.17. The van der Waals surface area contributed by atoms with E-state index in [0.717, 1.165) is 0 Å². The Kier molecular flexibility index (Phi) is 3.30. The monoisotopic (exact) mass is 259 g/mol. The highest BCUT2D eigenvalue weighted by molar-refractivity contribution is 5.92. The van der Waals surface area contributed by atoms with Crippen LogP contribution in [-0.2, 0) is 9.53 Å². The van der Waals surface area contributed by atoms with E-state index in [2.05, 4.69) is 10.2 Å². The molecule has 1 unspecified atom stereocenters. The van der Waals surface area contributed by atoms with E-state index in [1.54, 1.807) is 0 Å². The summed E-state index contributed by atoms with van der Waals surface area (Å²) >= 11 is 0. The summed E-state index contributed by atoms with van der Waals surface area (Å²) in [5.41, 5.74) is 4.56. The van der Waals surface area contributed by atoms with Gasteiger partial charge < -0.3 is 30.9 Å². The zero-order chi connectivity index (χ0) is 13.4. The summed E-state index contributed by atoms with van der Waals surface area (Å²) in [5, 5.41) is 44.9. The van der Waals surface area contributed by atoms with Crippen molar-refractivity contribution < 1.29 is 30.0 Å². The Balaban J connectivity index is 2.20. The number of nitrogens with zero attached hydrogens (tertiary/aromatic N) is 2. The number of primary amides is 1. The van der Waals surface area contributed by atoms with E-state index in [0.29, 0.717) is 0 Å². The van der Waals surface area contributed by atoms with Crippen LogP contribution < -0.4 is 5.73 Å². The fourth-order valence-electron chi connectivity index (χ4n) is 1.95. The smallest absolute Gasteiger partial charge is 0.272 e. The minimum atomic E-state index is -1.36. The second kappa shape index (κ2) is 4.61. The van der Waals surface area contributed by atoms with Gasteiger partial charge in [0.1, 0.15) is 24.4 Å². The molecule has 0 aliphatic carbocycles. The summed E-state index contributed by atoms with van der Waals surface area (Å²) in [4.78, 5) is 10.9. The minimum Gasteiger partial charge on any atom is -0.507 e. The van der Waals surface area contributed by atoms with Crippen molar-refractivity contribution in [2.45, 2.75) is 30.5 Å². The third-order valence-corrected chi connectivity index (χ3v) is 2.93. The molecule has 100 valence electrons. The first-order valence-electron chi connectivity index (χ1n) is 5.23. The lowest BCUT2D eigenvalue weighted by Crippen LogP contribution is -2.38. The van der Waals surface area contributed by atoms with E-state index in [1.807, 2.05) is 0 Å². The van der Waals surface area contributed by atoms with Crippen LogP contribution in [0.5, 0.6) is 0 Å². The van der Waals surface area contributed by atoms with Gasteiger partial charge in [0, 0.05) is 0 Å². The van der Waals surface area contributed by atoms with Crippen LogP contribution in [0.3, 0.4) is 0 Å². The first kappa shape index (κ1) is 12.9. The van der Waals surface area contributed by atoms with Crippen molar-refractivity contribution >= 4 is 5.91 Å². The van der Waals surface area contributed by atoms with Crippen molar-refractivity contribution in [2.75, 3.05) is 6.61 Å². The molecule has 2 heterocycles. The number of azo groups is 1. The normalized spacial score (nSPS) is 39.6. The highest BCUT2D eigenvalue weighted by atomic mass is 16.6. The van der Waals surface area contributed by atoms with Crippen molar-refractivity contribution in [3.8, 4) is 0 Å². The minimum absolute atomic E-state index is 0.405. The van der Waals surface area contributed by atoms with Gasteiger partial charge in [-0.3, -0.25) is 4.79 Å². The number of rotatable bonds is 3. The molecule has 2 rings (SSSR count). The third kappa shape index (κ3) is 1.86. The maximum Gasteiger partial charge on any atom is 0.272 e. The van der Waals surface area contributed by atoms with Crippen LogP contribution in [0, 0.1) is 0 Å². The SMILES string of the molecule is NC(=O)C1=C(O)C([C@H]2O[C@H](CO)[C@@H](O)[C@H]2O)N=N1. The lowest BCUT2D eigenvalue weighted by Gasteiger charge is -2.18. The van der Waals surface area contributed by atoms with Crippen molar-refractivity contribution in [1.82, 2.24) is 0 Å². The molecule has 5 atom stereocenters. The van der Waals surface area contributed by atoms with Gasteiger partial charge >= 0.3 is 0 Å². The molecule has 6 N–H and O–H groups in total. The number of aliphatic hydroxyl groups excluding tert-OH is 4. The molecule has 0 spiro atoms. The van der Waals surface area contributed by atoms with Crippen LogP contribution in [-0.4, -0.2) is 63.4 Å². The van der Waals surface area contributed by atoms with Crippen molar-refractivity contribution in [3.63, 3.8) is 0 Å². The number of hydrogen-bond acceptors (Lipinski definition) is 8. The summed E-state index contributed by atoms with van der Waals surface area (Å²) in [5.74, 6) is -1.47. The number of ether oxygens (including phenoxy) is 1. The van der Waals surface area contributed by atoms with Gasteiger partial charge in [0.2, 0.25) is 0 Å². The summed E-state index contributed by atoms with van der Waals surface area (Å²) in [6.07, 6.45) is -4.75. The van der Waals surface area contributed by atoms with Crippen molar-refractivity contribution in [1.29, 1.82) is 0 Å². The quantitative estimate of drug-likeness (QED) is 0.378. The summed E-state index contributed by atoms with van der Waals surface area (Å²) in [6.45, 7) is -0.494. The molecule has 1 amide bonds. The van der Waals surface area contributed by atoms with E-state index in [4.69, 9.17) is 15.6 Å². The third-order valence-electron chi connectivity index (χ3n) is 2.93. The predicted molar refractivity (Wildman–Crippen MR) is 55.3 cm³/mol. The molecule has 1 saturated heterocycles. The van der Waals surface area contributed by atoms with Gasteiger partial charge in [0.05, 0.1) is 6.61 Å². The Morgan fingerprint density at radius 2 is 2.06 bits per heavy atom. The molecular formula is C9H13N3O6. The lowest BCUT2D eigenvalue weighted by atomic mass is 10.0. The molecule has 0 aromatic carbocycles. The van der Waals surface area contributed by atoms with Crippen molar-refractivity contribution in [3.05, 3.63) is 11.5 Å². The Morgan fingerprint density at radius 3 is 2.50 bits per heavy atom. The molecule has 0 saturated carbocycles. The molecular weight excluding hydrogens is 246 g/mol. The highest BCUT2D eigenvalue weighted by Crippen LogP contribution is 2.31. The Morgan fingerprint density at radius 1 is 1.39 bits per heavy atom. The molecule has 1 fully saturated rings. The molecule has 0 radical (unpaired) electrons. The van der Waals surface area contributed by atoms with Gasteiger partial charge in [-0.1, -0.05) is 0 Å². The number of hydrogen-bond donors (Lipinski definition) is 5. The van der Waals surface area contributed by atoms with E-state index < -0.39 is 54.4 Å². The molecule has 0 bridgehead atoms. The highest BCUT2D eigenvalue weighted by Gasteiger charge is 2.49. The van der Waals surface area contributed by atoms with Crippen molar-refractivity contribution in [2.24, 2.45) is 16.0 Å². The van der Waals surface area contributed by atoms with E-state index in [1.165, 1.54) is 0 Å². The lowest BCUT2D eigenvalue weighted by molar-refractivity contribution is -0.114. The van der Waals surface area contributed by atoms with E-state index in [-0.39, 0.29) is 0 Å². The Labute approximate surface area is 101 Å². The second-order valence-electron chi connectivity index (χ2n) is 4.06.